The maximum absolute atomic E-state index is 11.4. The molecule has 0 rings (SSSR count). The fourth-order valence-electron chi connectivity index (χ4n) is 8.23. The van der Waals surface area contributed by atoms with Crippen molar-refractivity contribution in [2.45, 2.75) is 414 Å². The van der Waals surface area contributed by atoms with Crippen LogP contribution in [0.5, 0.6) is 0 Å². The maximum atomic E-state index is 11.4. The van der Waals surface area contributed by atoms with Gasteiger partial charge < -0.3 is 33.7 Å². The molecule has 0 aliphatic heterocycles. The van der Waals surface area contributed by atoms with Gasteiger partial charge in [-0.3, -0.25) is 9.59 Å². The lowest BCUT2D eigenvalue weighted by Gasteiger charge is -2.08. The molecule has 1 N–H and O–H groups in total. The molecule has 0 saturated heterocycles. The summed E-state index contributed by atoms with van der Waals surface area (Å²) in [5.74, 6) is 10.7. The highest BCUT2D eigenvalue weighted by molar-refractivity contribution is 5.80. The molecule has 0 aromatic carbocycles. The first-order valence-electron chi connectivity index (χ1n) is 38.9. The number of ether oxygens (including phenoxy) is 6. The SMILES string of the molecule is C.C.C.C.C.C.C.C.CC(C)CCCCC(=O)C(C)C.CC(C)CCCCCCCC(C)C.CC(C)CCCCCCCC(C)C.CC(C)CCCOCC(C)C.CC(C)CCOCC(C)C.CC(C)CCOCCOCC(C)C.CC(C)CCOCCOCCNC(=O)CCC(C)C. The van der Waals surface area contributed by atoms with Crippen LogP contribution >= 0.6 is 0 Å². The smallest absolute Gasteiger partial charge is 0.220 e. The number of carbonyl (C=O) groups is 2. The fraction of sp³-hybridized carbons (Fsp3) is 0.978. The number of amides is 1. The Morgan fingerprint density at radius 3 is 0.737 bits per heavy atom. The zero-order valence-electron chi connectivity index (χ0n) is 67.7. The third-order valence-corrected chi connectivity index (χ3v) is 14.4. The molecule has 0 saturated carbocycles. The molecule has 0 aromatic heterocycles. The van der Waals surface area contributed by atoms with Gasteiger partial charge in [-0.25, -0.2) is 0 Å². The van der Waals surface area contributed by atoms with Crippen molar-refractivity contribution in [1.82, 2.24) is 5.32 Å². The largest absolute Gasteiger partial charge is 0.381 e. The van der Waals surface area contributed by atoms with E-state index in [2.05, 4.69) is 185 Å². The van der Waals surface area contributed by atoms with Crippen LogP contribution in [0, 0.1) is 82.9 Å². The van der Waals surface area contributed by atoms with Gasteiger partial charge in [0, 0.05) is 71.6 Å². The third kappa shape index (κ3) is 169. The van der Waals surface area contributed by atoms with Crippen molar-refractivity contribution in [1.29, 1.82) is 0 Å². The van der Waals surface area contributed by atoms with Crippen molar-refractivity contribution >= 4 is 11.7 Å². The van der Waals surface area contributed by atoms with Gasteiger partial charge in [-0.05, 0) is 122 Å². The molecule has 0 radical (unpaired) electrons. The summed E-state index contributed by atoms with van der Waals surface area (Å²) in [5.41, 5.74) is 0. The highest BCUT2D eigenvalue weighted by Crippen LogP contribution is 2.16. The molecule has 0 unspecified atom stereocenters. The summed E-state index contributed by atoms with van der Waals surface area (Å²) in [7, 11) is 0. The van der Waals surface area contributed by atoms with E-state index in [-0.39, 0.29) is 71.2 Å². The zero-order chi connectivity index (χ0) is 71.1. The predicted molar refractivity (Wildman–Crippen MR) is 460 cm³/mol. The summed E-state index contributed by atoms with van der Waals surface area (Å²) >= 11 is 0. The second-order valence-corrected chi connectivity index (χ2v) is 32.1. The van der Waals surface area contributed by atoms with E-state index in [1.54, 1.807) is 0 Å². The van der Waals surface area contributed by atoms with E-state index in [1.807, 2.05) is 13.8 Å². The van der Waals surface area contributed by atoms with Crippen LogP contribution in [0.15, 0.2) is 0 Å². The number of hydrogen-bond acceptors (Lipinski definition) is 8. The summed E-state index contributed by atoms with van der Waals surface area (Å²) in [6.07, 6.45) is 32.0. The van der Waals surface area contributed by atoms with Crippen molar-refractivity contribution in [2.75, 3.05) is 85.8 Å². The fourth-order valence-corrected chi connectivity index (χ4v) is 8.23. The standard InChI is InChI=1S/C15H31NO3.2C13H28.C11H24O2.C11H22O.C10H22O.C9H20O.8CH4/c1-13(2)5-6-15(17)16-8-10-19-12-11-18-9-7-14(3)4;2*1-12(2)10-8-6-5-7-9-11-13(3)4;1-10(2)5-6-12-7-8-13-9-11(3)4;1-9(2)7-5-6-8-11(12)10(3)4;1-9(2)6-5-7-11-8-10(3)4;1-8(2)5-6-10-7-9(3)4;;;;;;;;/h13-14H,5-12H2,1-4H3,(H,16,17);2*12-13H,5-11H2,1-4H3;10-11H,5-9H2,1-4H3;9-10H,5-8H2,1-4H3;9-10H,5-8H2,1-4H3;8-9H,5-7H2,1-4H3;8*1H4. The summed E-state index contributed by atoms with van der Waals surface area (Å²) in [5, 5.41) is 2.85. The van der Waals surface area contributed by atoms with Crippen LogP contribution in [0.3, 0.4) is 0 Å². The molecule has 0 atom stereocenters. The van der Waals surface area contributed by atoms with E-state index in [0.29, 0.717) is 68.2 Å². The lowest BCUT2D eigenvalue weighted by Crippen LogP contribution is -2.27. The first-order valence-corrected chi connectivity index (χ1v) is 38.9. The minimum atomic E-state index is 0. The molecule has 0 spiro atoms. The Bertz CT molecular complexity index is 1210. The second kappa shape index (κ2) is 106. The Hall–Kier alpha value is -1.10. The highest BCUT2D eigenvalue weighted by Gasteiger charge is 2.07. The van der Waals surface area contributed by atoms with Gasteiger partial charge in [0.15, 0.2) is 0 Å². The lowest BCUT2D eigenvalue weighted by atomic mass is 10.0. The minimum Gasteiger partial charge on any atom is -0.381 e. The minimum absolute atomic E-state index is 0. The molecule has 620 valence electrons. The van der Waals surface area contributed by atoms with Crippen LogP contribution in [-0.4, -0.2) is 97.5 Å². The van der Waals surface area contributed by atoms with E-state index >= 15 is 0 Å². The third-order valence-electron chi connectivity index (χ3n) is 14.4. The topological polar surface area (TPSA) is 102 Å². The van der Waals surface area contributed by atoms with Gasteiger partial charge in [0.05, 0.1) is 33.0 Å². The number of rotatable bonds is 53. The van der Waals surface area contributed by atoms with Crippen molar-refractivity contribution in [3.05, 3.63) is 0 Å². The Kier molecular flexibility index (Phi) is 143. The first-order chi connectivity index (χ1) is 42.7. The van der Waals surface area contributed by atoms with Crippen molar-refractivity contribution in [3.8, 4) is 0 Å². The van der Waals surface area contributed by atoms with Crippen molar-refractivity contribution in [2.24, 2.45) is 82.9 Å². The molecule has 0 bridgehead atoms. The Morgan fingerprint density at radius 1 is 0.222 bits per heavy atom. The quantitative estimate of drug-likeness (QED) is 0.0601. The molecule has 9 nitrogen and oxygen atoms in total. The molecule has 0 aliphatic carbocycles. The molecule has 0 aromatic rings. The maximum Gasteiger partial charge on any atom is 0.220 e. The number of Topliss-reactive ketones (excluding diaryl/α,β-unsaturated/α-hetero) is 1. The predicted octanol–water partition coefficient (Wildman–Crippen LogP) is 29.7. The molecule has 0 aliphatic rings. The summed E-state index contributed by atoms with van der Waals surface area (Å²) in [6, 6.07) is 0. The summed E-state index contributed by atoms with van der Waals surface area (Å²) in [6.45, 7) is 72.0. The number of nitrogens with one attached hydrogen (secondary N) is 1. The Morgan fingerprint density at radius 2 is 0.455 bits per heavy atom. The summed E-state index contributed by atoms with van der Waals surface area (Å²) in [4.78, 5) is 22.6. The van der Waals surface area contributed by atoms with Gasteiger partial charge in [0.25, 0.3) is 0 Å². The Labute approximate surface area is 634 Å². The van der Waals surface area contributed by atoms with Crippen LogP contribution in [0.2, 0.25) is 0 Å². The van der Waals surface area contributed by atoms with Crippen molar-refractivity contribution in [3.63, 3.8) is 0 Å². The highest BCUT2D eigenvalue weighted by atomic mass is 16.5. The van der Waals surface area contributed by atoms with E-state index in [1.165, 1.54) is 122 Å². The molecular formula is C90H207NO8. The summed E-state index contributed by atoms with van der Waals surface area (Å²) < 4.78 is 32.4. The number of unbranched alkanes of at least 4 members (excludes halogenated alkanes) is 9. The first kappa shape index (κ1) is 134. The Balaban J connectivity index is -0.0000000636. The van der Waals surface area contributed by atoms with Crippen LogP contribution in [-0.2, 0) is 38.0 Å². The van der Waals surface area contributed by atoms with Gasteiger partial charge in [-0.15, -0.1) is 0 Å². The van der Waals surface area contributed by atoms with Crippen LogP contribution in [0.1, 0.15) is 414 Å². The van der Waals surface area contributed by atoms with E-state index in [4.69, 9.17) is 28.4 Å². The average molecular weight is 1430 g/mol. The number of carbonyl (C=O) groups excluding carboxylic acids is 2. The van der Waals surface area contributed by atoms with E-state index in [9.17, 15) is 9.59 Å². The normalized spacial score (nSPS) is 10.5. The van der Waals surface area contributed by atoms with Gasteiger partial charge in [0.1, 0.15) is 5.78 Å². The molecule has 0 fully saturated rings. The second-order valence-electron chi connectivity index (χ2n) is 32.1. The van der Waals surface area contributed by atoms with Crippen molar-refractivity contribution < 1.29 is 38.0 Å². The van der Waals surface area contributed by atoms with E-state index in [0.717, 1.165) is 139 Å². The van der Waals surface area contributed by atoms with Gasteiger partial charge >= 0.3 is 0 Å². The zero-order valence-corrected chi connectivity index (χ0v) is 67.7. The van der Waals surface area contributed by atoms with Crippen LogP contribution in [0.4, 0.5) is 0 Å². The van der Waals surface area contributed by atoms with E-state index < -0.39 is 0 Å². The van der Waals surface area contributed by atoms with Gasteiger partial charge in [0.2, 0.25) is 5.91 Å². The number of hydrogen-bond donors (Lipinski definition) is 1. The van der Waals surface area contributed by atoms with Gasteiger partial charge in [-0.1, -0.05) is 356 Å². The number of ketones is 1. The van der Waals surface area contributed by atoms with Gasteiger partial charge in [-0.2, -0.15) is 0 Å². The molecule has 1 amide bonds. The molecular weight excluding hydrogens is 1220 g/mol. The van der Waals surface area contributed by atoms with Crippen LogP contribution in [0.25, 0.3) is 0 Å². The molecule has 9 heteroatoms. The molecule has 0 heterocycles. The van der Waals surface area contributed by atoms with Crippen LogP contribution < -0.4 is 5.32 Å². The lowest BCUT2D eigenvalue weighted by molar-refractivity contribution is -0.122. The monoisotopic (exact) mass is 1430 g/mol. The molecule has 99 heavy (non-hydrogen) atoms. The average Bonchev–Trinajstić information content (AvgIpc) is 2.23.